The molecule has 0 bridgehead atoms. The number of phenols is 1. The molecule has 39 heavy (non-hydrogen) atoms. The number of oxime groups is 1. The molecule has 1 saturated heterocycles. The number of fused-ring (bicyclic) bond motifs is 1. The van der Waals surface area contributed by atoms with Crippen LogP contribution >= 0.6 is 15.9 Å². The number of aromatic hydroxyl groups is 1. The summed E-state index contributed by atoms with van der Waals surface area (Å²) in [6.07, 6.45) is 1.39. The van der Waals surface area contributed by atoms with Gasteiger partial charge in [0, 0.05) is 41.7 Å². The maximum absolute atomic E-state index is 13.2. The highest BCUT2D eigenvalue weighted by Gasteiger charge is 2.41. The van der Waals surface area contributed by atoms with Gasteiger partial charge in [-0.2, -0.15) is 0 Å². The fourth-order valence-corrected chi connectivity index (χ4v) is 4.98. The average molecular weight is 596 g/mol. The number of carbonyl (C=O) groups excluding carboxylic acids is 3. The van der Waals surface area contributed by atoms with Gasteiger partial charge in [0.15, 0.2) is 6.10 Å². The fourth-order valence-electron chi connectivity index (χ4n) is 4.53. The van der Waals surface area contributed by atoms with Crippen LogP contribution in [0.2, 0.25) is 0 Å². The van der Waals surface area contributed by atoms with Crippen LogP contribution in [0.1, 0.15) is 28.8 Å². The van der Waals surface area contributed by atoms with Crippen LogP contribution in [0.4, 0.5) is 4.79 Å². The van der Waals surface area contributed by atoms with Crippen molar-refractivity contribution in [1.29, 1.82) is 0 Å². The van der Waals surface area contributed by atoms with Gasteiger partial charge in [-0.1, -0.05) is 23.4 Å². The van der Waals surface area contributed by atoms with Crippen LogP contribution < -0.4 is 10.6 Å². The Morgan fingerprint density at radius 3 is 2.72 bits per heavy atom. The Bertz CT molecular complexity index is 1420. The molecule has 0 aliphatic carbocycles. The quantitative estimate of drug-likeness (QED) is 0.381. The number of aromatic nitrogens is 1. The molecule has 1 aromatic heterocycles. The number of halogens is 1. The number of nitrogens with zero attached hydrogens (tertiary/aromatic N) is 3. The second kappa shape index (κ2) is 11.7. The van der Waals surface area contributed by atoms with Crippen molar-refractivity contribution >= 4 is 49.4 Å². The van der Waals surface area contributed by atoms with Gasteiger partial charge in [0.25, 0.3) is 5.91 Å². The summed E-state index contributed by atoms with van der Waals surface area (Å²) in [6.45, 7) is 0.280. The third-order valence-electron chi connectivity index (χ3n) is 6.51. The van der Waals surface area contributed by atoms with Gasteiger partial charge in [-0.15, -0.1) is 0 Å². The minimum absolute atomic E-state index is 0.0205. The molecule has 3 N–H and O–H groups in total. The zero-order valence-corrected chi connectivity index (χ0v) is 22.3. The average Bonchev–Trinajstić information content (AvgIpc) is 3.56. The summed E-state index contributed by atoms with van der Waals surface area (Å²) in [5.74, 6) is -0.714. The molecule has 3 heterocycles. The molecular formula is C27H26BrN5O6. The number of para-hydroxylation sites is 1. The van der Waals surface area contributed by atoms with E-state index in [4.69, 9.17) is 9.57 Å². The number of pyridine rings is 1. The lowest BCUT2D eigenvalue weighted by Crippen LogP contribution is -2.47. The largest absolute Gasteiger partial charge is 0.508 e. The summed E-state index contributed by atoms with van der Waals surface area (Å²) in [5, 5.41) is 19.9. The van der Waals surface area contributed by atoms with E-state index in [-0.39, 0.29) is 49.8 Å². The molecule has 0 spiro atoms. The summed E-state index contributed by atoms with van der Waals surface area (Å²) in [5.41, 5.74) is 1.89. The molecule has 1 fully saturated rings. The summed E-state index contributed by atoms with van der Waals surface area (Å²) in [6, 6.07) is 14.0. The zero-order chi connectivity index (χ0) is 27.4. The number of benzene rings is 2. The normalized spacial score (nSPS) is 20.3. The number of hydrogen-bond donors (Lipinski definition) is 3. The number of phenolic OH excluding ortho intramolecular Hbond substituents is 1. The van der Waals surface area contributed by atoms with Crippen LogP contribution in [0, 0.1) is 0 Å². The number of nitrogens with one attached hydrogen (secondary N) is 2. The van der Waals surface area contributed by atoms with E-state index in [0.29, 0.717) is 22.2 Å². The van der Waals surface area contributed by atoms with E-state index < -0.39 is 18.2 Å². The van der Waals surface area contributed by atoms with Gasteiger partial charge in [-0.25, -0.2) is 4.79 Å². The highest BCUT2D eigenvalue weighted by atomic mass is 79.9. The Morgan fingerprint density at radius 2 is 1.95 bits per heavy atom. The Hall–Kier alpha value is -4.19. The molecule has 2 aromatic carbocycles. The Kier molecular flexibility index (Phi) is 7.92. The van der Waals surface area contributed by atoms with E-state index >= 15 is 0 Å². The molecule has 3 atom stereocenters. The second-order valence-corrected chi connectivity index (χ2v) is 10.3. The van der Waals surface area contributed by atoms with Gasteiger partial charge < -0.3 is 25.3 Å². The molecule has 3 aromatic rings. The van der Waals surface area contributed by atoms with E-state index in [1.165, 1.54) is 29.2 Å². The topological polar surface area (TPSA) is 142 Å². The second-order valence-electron chi connectivity index (χ2n) is 9.36. The van der Waals surface area contributed by atoms with Crippen LogP contribution in [0.25, 0.3) is 10.9 Å². The lowest BCUT2D eigenvalue weighted by molar-refractivity contribution is -0.125. The van der Waals surface area contributed by atoms with Crippen molar-refractivity contribution in [1.82, 2.24) is 20.5 Å². The van der Waals surface area contributed by atoms with Gasteiger partial charge >= 0.3 is 6.09 Å². The molecule has 2 aliphatic rings. The highest BCUT2D eigenvalue weighted by molar-refractivity contribution is 9.18. The first kappa shape index (κ1) is 26.4. The number of rotatable bonds is 7. The first-order valence-electron chi connectivity index (χ1n) is 12.4. The number of amides is 3. The van der Waals surface area contributed by atoms with E-state index in [0.717, 1.165) is 10.9 Å². The number of ether oxygens (including phenoxy) is 1. The van der Waals surface area contributed by atoms with Crippen molar-refractivity contribution < 1.29 is 29.1 Å². The van der Waals surface area contributed by atoms with Gasteiger partial charge in [-0.3, -0.25) is 19.5 Å². The Morgan fingerprint density at radius 1 is 1.15 bits per heavy atom. The SMILES string of the molecule is O=C(NC1CC(C(=O)NC[C@@H]2CC(Br)=NO2)N(C(=O)OCc2cnc3ccccc3c2)C1)c1ccc(O)cc1. The standard InChI is InChI=1S/C27H26BrN5O6/c28-24-11-21(39-32-24)13-30-26(36)23-10-19(31-25(35)17-5-7-20(34)8-6-17)14-33(23)27(37)38-15-16-9-18-3-1-2-4-22(18)29-12-16/h1-9,12,19,21,23,34H,10-11,13-15H2,(H,30,36)(H,31,35)/t19?,21-,23?/m0/s1. The van der Waals surface area contributed by atoms with E-state index in [2.05, 4.69) is 36.7 Å². The molecule has 2 unspecified atom stereocenters. The fraction of sp³-hybridized carbons (Fsp3) is 0.296. The molecule has 11 nitrogen and oxygen atoms in total. The molecule has 0 saturated carbocycles. The first-order chi connectivity index (χ1) is 18.9. The molecular weight excluding hydrogens is 570 g/mol. The maximum atomic E-state index is 13.2. The van der Waals surface area contributed by atoms with E-state index in [1.807, 2.05) is 30.3 Å². The molecule has 3 amide bonds. The first-order valence-corrected chi connectivity index (χ1v) is 13.2. The minimum Gasteiger partial charge on any atom is -0.508 e. The van der Waals surface area contributed by atoms with Crippen molar-refractivity contribution in [2.24, 2.45) is 5.16 Å². The summed E-state index contributed by atoms with van der Waals surface area (Å²) < 4.78 is 6.22. The van der Waals surface area contributed by atoms with Crippen molar-refractivity contribution in [3.63, 3.8) is 0 Å². The van der Waals surface area contributed by atoms with Crippen LogP contribution in [-0.2, 0) is 21.0 Å². The van der Waals surface area contributed by atoms with Gasteiger partial charge in [-0.05, 0) is 58.7 Å². The number of hydrogen-bond acceptors (Lipinski definition) is 8. The lowest BCUT2D eigenvalue weighted by atomic mass is 10.1. The van der Waals surface area contributed by atoms with Crippen LogP contribution in [0.3, 0.4) is 0 Å². The van der Waals surface area contributed by atoms with Crippen LogP contribution in [0.15, 0.2) is 65.9 Å². The summed E-state index contributed by atoms with van der Waals surface area (Å²) in [4.78, 5) is 50.0. The Balaban J connectivity index is 1.25. The van der Waals surface area contributed by atoms with Crippen molar-refractivity contribution in [2.45, 2.75) is 37.6 Å². The van der Waals surface area contributed by atoms with Gasteiger partial charge in [0.05, 0.1) is 12.1 Å². The molecule has 202 valence electrons. The molecule has 12 heteroatoms. The third kappa shape index (κ3) is 6.45. The van der Waals surface area contributed by atoms with Crippen LogP contribution in [-0.4, -0.2) is 68.8 Å². The van der Waals surface area contributed by atoms with Gasteiger partial charge in [0.1, 0.15) is 23.0 Å². The lowest BCUT2D eigenvalue weighted by Gasteiger charge is -2.23. The third-order valence-corrected chi connectivity index (χ3v) is 6.98. The Labute approximate surface area is 232 Å². The highest BCUT2D eigenvalue weighted by Crippen LogP contribution is 2.22. The predicted octanol–water partition coefficient (Wildman–Crippen LogP) is 3.06. The van der Waals surface area contributed by atoms with Crippen molar-refractivity contribution in [3.8, 4) is 5.75 Å². The smallest absolute Gasteiger partial charge is 0.410 e. The van der Waals surface area contributed by atoms with Crippen LogP contribution in [0.5, 0.6) is 5.75 Å². The monoisotopic (exact) mass is 595 g/mol. The number of carbonyl (C=O) groups is 3. The molecule has 2 aliphatic heterocycles. The molecule has 0 radical (unpaired) electrons. The minimum atomic E-state index is -0.858. The van der Waals surface area contributed by atoms with Crippen molar-refractivity contribution in [3.05, 3.63) is 71.9 Å². The maximum Gasteiger partial charge on any atom is 0.410 e. The van der Waals surface area contributed by atoms with E-state index in [9.17, 15) is 19.5 Å². The molecule has 5 rings (SSSR count). The summed E-state index contributed by atoms with van der Waals surface area (Å²) >= 11 is 3.27. The van der Waals surface area contributed by atoms with Gasteiger partial charge in [0.2, 0.25) is 5.91 Å². The zero-order valence-electron chi connectivity index (χ0n) is 20.7. The van der Waals surface area contributed by atoms with Crippen molar-refractivity contribution in [2.75, 3.05) is 13.1 Å². The van der Waals surface area contributed by atoms with E-state index in [1.54, 1.807) is 6.20 Å². The number of likely N-dealkylation sites (tertiary alicyclic amines) is 1. The predicted molar refractivity (Wildman–Crippen MR) is 145 cm³/mol. The summed E-state index contributed by atoms with van der Waals surface area (Å²) in [7, 11) is 0.